The molecule has 1 aromatic carbocycles. The number of hydrogen-bond donors (Lipinski definition) is 2. The number of benzene rings is 1. The maximum absolute atomic E-state index is 12.0. The lowest BCUT2D eigenvalue weighted by atomic mass is 10.0. The van der Waals surface area contributed by atoms with Gasteiger partial charge in [-0.15, -0.1) is 0 Å². The summed E-state index contributed by atoms with van der Waals surface area (Å²) in [6.07, 6.45) is 8.31. The third kappa shape index (κ3) is 5.99. The molecule has 0 spiro atoms. The highest BCUT2D eigenvalue weighted by atomic mass is 16.5. The maximum atomic E-state index is 12.0. The van der Waals surface area contributed by atoms with Gasteiger partial charge in [-0.05, 0) is 83.2 Å². The number of ether oxygens (including phenoxy) is 2. The highest BCUT2D eigenvalue weighted by Crippen LogP contribution is 2.30. The zero-order valence-corrected chi connectivity index (χ0v) is 17.3. The van der Waals surface area contributed by atoms with Gasteiger partial charge in [-0.1, -0.05) is 11.6 Å². The number of hydrogen-bond acceptors (Lipinski definition) is 5. The molecule has 0 bridgehead atoms. The van der Waals surface area contributed by atoms with E-state index in [4.69, 9.17) is 9.47 Å². The minimum Gasteiger partial charge on any atom is -0.508 e. The topological polar surface area (TPSA) is 76.0 Å². The second-order valence-corrected chi connectivity index (χ2v) is 7.80. The van der Waals surface area contributed by atoms with Crippen molar-refractivity contribution in [2.45, 2.75) is 59.0 Å². The third-order valence-electron chi connectivity index (χ3n) is 4.82. The minimum absolute atomic E-state index is 0.110. The van der Waals surface area contributed by atoms with E-state index < -0.39 is 5.60 Å². The van der Waals surface area contributed by atoms with Crippen molar-refractivity contribution >= 4 is 5.97 Å². The van der Waals surface area contributed by atoms with Gasteiger partial charge in [0, 0.05) is 18.2 Å². The van der Waals surface area contributed by atoms with Gasteiger partial charge >= 0.3 is 5.97 Å². The van der Waals surface area contributed by atoms with Gasteiger partial charge in [0.15, 0.2) is 0 Å². The van der Waals surface area contributed by atoms with E-state index in [1.165, 1.54) is 0 Å². The first kappa shape index (κ1) is 21.8. The number of phenols is 2. The van der Waals surface area contributed by atoms with Gasteiger partial charge in [-0.3, -0.25) is 0 Å². The molecule has 0 unspecified atom stereocenters. The van der Waals surface area contributed by atoms with Gasteiger partial charge in [0.05, 0.1) is 5.60 Å². The maximum Gasteiger partial charge on any atom is 0.339 e. The summed E-state index contributed by atoms with van der Waals surface area (Å²) in [5.41, 5.74) is 2.66. The van der Waals surface area contributed by atoms with Crippen molar-refractivity contribution in [2.75, 3.05) is 7.11 Å². The molecule has 0 amide bonds. The molecule has 1 aliphatic rings. The Morgan fingerprint density at radius 2 is 1.89 bits per heavy atom. The summed E-state index contributed by atoms with van der Waals surface area (Å²) in [5, 5.41) is 20.0. The molecule has 28 heavy (non-hydrogen) atoms. The smallest absolute Gasteiger partial charge is 0.339 e. The number of aromatic hydroxyl groups is 2. The highest BCUT2D eigenvalue weighted by molar-refractivity contribution is 5.92. The molecule has 2 N–H and O–H groups in total. The lowest BCUT2D eigenvalue weighted by molar-refractivity contribution is -0.133. The van der Waals surface area contributed by atoms with E-state index in [9.17, 15) is 15.0 Å². The number of rotatable bonds is 8. The normalized spacial score (nSPS) is 16.5. The van der Waals surface area contributed by atoms with Crippen molar-refractivity contribution in [3.63, 3.8) is 0 Å². The summed E-state index contributed by atoms with van der Waals surface area (Å²) in [6.45, 7) is 7.63. The van der Waals surface area contributed by atoms with Crippen molar-refractivity contribution in [1.29, 1.82) is 0 Å². The molecular weight excluding hydrogens is 356 g/mol. The molecule has 0 saturated carbocycles. The molecule has 152 valence electrons. The quantitative estimate of drug-likeness (QED) is 0.493. The number of phenolic OH excluding ortho intramolecular Hbond substituents is 2. The fraction of sp³-hybridized carbons (Fsp3) is 0.435. The van der Waals surface area contributed by atoms with Gasteiger partial charge in [0.1, 0.15) is 17.3 Å². The zero-order valence-electron chi connectivity index (χ0n) is 17.3. The Morgan fingerprint density at radius 3 is 2.50 bits per heavy atom. The van der Waals surface area contributed by atoms with Crippen LogP contribution in [0.4, 0.5) is 0 Å². The van der Waals surface area contributed by atoms with Crippen LogP contribution in [0.1, 0.15) is 51.2 Å². The SMILES string of the molecule is COC(C)(C)/C=C1\C=C(CCC/C(C)=C/Cc2c(O)cc(C)cc2O)C(=O)O1. The molecule has 5 nitrogen and oxygen atoms in total. The number of allylic oxidation sites excluding steroid dienone is 3. The Labute approximate surface area is 167 Å². The standard InChI is InChI=1S/C23H30O5/c1-15(9-10-19-20(24)11-16(2)12-21(19)25)7-6-8-17-13-18(28-22(17)26)14-23(3,4)27-5/h9,11-14,24-25H,6-8,10H2,1-5H3/b15-9+,18-14+. The third-order valence-corrected chi connectivity index (χ3v) is 4.82. The highest BCUT2D eigenvalue weighted by Gasteiger charge is 2.23. The molecule has 0 aliphatic carbocycles. The predicted octanol–water partition coefficient (Wildman–Crippen LogP) is 4.86. The van der Waals surface area contributed by atoms with Gasteiger partial charge in [-0.25, -0.2) is 4.79 Å². The summed E-state index contributed by atoms with van der Waals surface area (Å²) < 4.78 is 10.6. The van der Waals surface area contributed by atoms with E-state index in [1.54, 1.807) is 31.4 Å². The van der Waals surface area contributed by atoms with Crippen LogP contribution in [0.3, 0.4) is 0 Å². The minimum atomic E-state index is -0.492. The summed E-state index contributed by atoms with van der Waals surface area (Å²) in [6, 6.07) is 3.29. The number of aryl methyl sites for hydroxylation is 1. The fourth-order valence-electron chi connectivity index (χ4n) is 3.00. The summed E-state index contributed by atoms with van der Waals surface area (Å²) >= 11 is 0. The van der Waals surface area contributed by atoms with E-state index in [1.807, 2.05) is 33.8 Å². The lowest BCUT2D eigenvalue weighted by Crippen LogP contribution is -2.19. The lowest BCUT2D eigenvalue weighted by Gasteiger charge is -2.17. The summed E-state index contributed by atoms with van der Waals surface area (Å²) in [7, 11) is 1.61. The predicted molar refractivity (Wildman–Crippen MR) is 109 cm³/mol. The van der Waals surface area contributed by atoms with Crippen LogP contribution >= 0.6 is 0 Å². The van der Waals surface area contributed by atoms with E-state index in [0.717, 1.165) is 24.0 Å². The monoisotopic (exact) mass is 386 g/mol. The van der Waals surface area contributed by atoms with Crippen LogP contribution in [-0.2, 0) is 20.7 Å². The largest absolute Gasteiger partial charge is 0.508 e. The summed E-state index contributed by atoms with van der Waals surface area (Å²) in [4.78, 5) is 12.0. The first-order valence-corrected chi connectivity index (χ1v) is 9.49. The number of esters is 1. The van der Waals surface area contributed by atoms with Gasteiger partial charge in [0.2, 0.25) is 0 Å². The van der Waals surface area contributed by atoms with Gasteiger partial charge in [-0.2, -0.15) is 0 Å². The first-order chi connectivity index (χ1) is 13.1. The van der Waals surface area contributed by atoms with Crippen molar-refractivity contribution in [2.24, 2.45) is 0 Å². The second kappa shape index (κ2) is 9.11. The van der Waals surface area contributed by atoms with Crippen LogP contribution in [0.5, 0.6) is 11.5 Å². The van der Waals surface area contributed by atoms with E-state index in [0.29, 0.717) is 29.7 Å². The Bertz CT molecular complexity index is 804. The number of cyclic esters (lactones) is 1. The molecule has 1 aliphatic heterocycles. The van der Waals surface area contributed by atoms with Gasteiger partial charge < -0.3 is 19.7 Å². The number of methoxy groups -OCH3 is 1. The Kier molecular flexibility index (Phi) is 7.08. The molecule has 0 radical (unpaired) electrons. The number of carbonyl (C=O) groups excluding carboxylic acids is 1. The van der Waals surface area contributed by atoms with Crippen molar-refractivity contribution < 1.29 is 24.5 Å². The zero-order chi connectivity index (χ0) is 20.9. The van der Waals surface area contributed by atoms with Crippen LogP contribution in [0.25, 0.3) is 0 Å². The van der Waals surface area contributed by atoms with Crippen LogP contribution in [0, 0.1) is 6.92 Å². The van der Waals surface area contributed by atoms with Crippen molar-refractivity contribution in [3.8, 4) is 11.5 Å². The van der Waals surface area contributed by atoms with Gasteiger partial charge in [0.25, 0.3) is 0 Å². The van der Waals surface area contributed by atoms with Crippen LogP contribution in [0.2, 0.25) is 0 Å². The molecule has 0 aromatic heterocycles. The molecule has 1 aromatic rings. The van der Waals surface area contributed by atoms with Crippen LogP contribution < -0.4 is 0 Å². The Balaban J connectivity index is 1.91. The number of carbonyl (C=O) groups is 1. The summed E-state index contributed by atoms with van der Waals surface area (Å²) in [5.74, 6) is 0.455. The molecule has 1 heterocycles. The van der Waals surface area contributed by atoms with Crippen LogP contribution in [0.15, 0.2) is 47.3 Å². The Morgan fingerprint density at radius 1 is 1.25 bits per heavy atom. The first-order valence-electron chi connectivity index (χ1n) is 9.49. The molecular formula is C23H30O5. The van der Waals surface area contributed by atoms with Crippen LogP contribution in [-0.4, -0.2) is 28.9 Å². The van der Waals surface area contributed by atoms with E-state index in [-0.39, 0.29) is 17.5 Å². The molecule has 5 heteroatoms. The molecule has 2 rings (SSSR count). The molecule has 0 atom stereocenters. The molecule has 0 fully saturated rings. The average molecular weight is 386 g/mol. The fourth-order valence-corrected chi connectivity index (χ4v) is 3.00. The average Bonchev–Trinajstić information content (AvgIpc) is 2.92. The van der Waals surface area contributed by atoms with E-state index in [2.05, 4.69) is 0 Å². The Hall–Kier alpha value is -2.53. The second-order valence-electron chi connectivity index (χ2n) is 7.80. The van der Waals surface area contributed by atoms with Crippen molar-refractivity contribution in [3.05, 3.63) is 58.4 Å². The van der Waals surface area contributed by atoms with E-state index >= 15 is 0 Å². The molecule has 0 saturated heterocycles. The van der Waals surface area contributed by atoms with Crippen molar-refractivity contribution in [1.82, 2.24) is 0 Å².